The normalized spacial score (nSPS) is 23.4. The highest BCUT2D eigenvalue weighted by atomic mass is 19.1. The highest BCUT2D eigenvalue weighted by Gasteiger charge is 2.52. The largest absolute Gasteiger partial charge is 0.493 e. The van der Waals surface area contributed by atoms with E-state index in [4.69, 9.17) is 9.47 Å². The molecule has 2 aromatic rings. The summed E-state index contributed by atoms with van der Waals surface area (Å²) in [7, 11) is 1.42. The number of aliphatic hydroxyl groups excluding tert-OH is 2. The minimum absolute atomic E-state index is 0.00780. The van der Waals surface area contributed by atoms with Crippen LogP contribution in [0, 0.1) is 11.7 Å². The van der Waals surface area contributed by atoms with E-state index in [2.05, 4.69) is 5.32 Å². The molecule has 2 aliphatic carbocycles. The molecule has 0 bridgehead atoms. The van der Waals surface area contributed by atoms with Crippen LogP contribution >= 0.6 is 0 Å². The minimum Gasteiger partial charge on any atom is -0.493 e. The molecule has 1 saturated carbocycles. The van der Waals surface area contributed by atoms with Gasteiger partial charge in [0.2, 0.25) is 11.8 Å². The molecular weight excluding hydrogens is 507 g/mol. The van der Waals surface area contributed by atoms with Crippen molar-refractivity contribution in [3.63, 3.8) is 0 Å². The van der Waals surface area contributed by atoms with Crippen molar-refractivity contribution in [3.8, 4) is 11.5 Å². The highest BCUT2D eigenvalue weighted by Crippen LogP contribution is 2.51. The smallest absolute Gasteiger partial charge is 0.247 e. The van der Waals surface area contributed by atoms with Crippen LogP contribution in [-0.4, -0.2) is 71.7 Å². The first-order valence-electron chi connectivity index (χ1n) is 13.0. The number of nitrogens with zero attached hydrogens (tertiary/aromatic N) is 1. The molecule has 2 aromatic carbocycles. The first kappa shape index (κ1) is 26.8. The lowest BCUT2D eigenvalue weighted by molar-refractivity contribution is -0.145. The average molecular weight is 539 g/mol. The number of methoxy groups -OCH3 is 1. The van der Waals surface area contributed by atoms with E-state index in [0.717, 1.165) is 6.42 Å². The number of nitrogens with one attached hydrogen (secondary N) is 1. The first-order chi connectivity index (χ1) is 18.9. The second-order valence-electron chi connectivity index (χ2n) is 10.1. The van der Waals surface area contributed by atoms with Gasteiger partial charge in [0.05, 0.1) is 25.7 Å². The Labute approximate surface area is 225 Å². The van der Waals surface area contributed by atoms with Gasteiger partial charge in [0.25, 0.3) is 0 Å². The van der Waals surface area contributed by atoms with Crippen LogP contribution in [0.1, 0.15) is 46.7 Å². The van der Waals surface area contributed by atoms with E-state index in [1.54, 1.807) is 24.3 Å². The molecule has 0 spiro atoms. The fourth-order valence-corrected chi connectivity index (χ4v) is 5.59. The maximum Gasteiger partial charge on any atom is 0.247 e. The molecule has 9 nitrogen and oxygen atoms in total. The van der Waals surface area contributed by atoms with Crippen LogP contribution in [-0.2, 0) is 16.1 Å². The zero-order valence-electron chi connectivity index (χ0n) is 21.5. The van der Waals surface area contributed by atoms with Crippen molar-refractivity contribution in [3.05, 3.63) is 70.6 Å². The third-order valence-corrected chi connectivity index (χ3v) is 7.81. The van der Waals surface area contributed by atoms with E-state index in [-0.39, 0.29) is 48.4 Å². The van der Waals surface area contributed by atoms with E-state index in [1.807, 2.05) is 0 Å². The Morgan fingerprint density at radius 1 is 1.26 bits per heavy atom. The number of hydrogen-bond acceptors (Lipinski definition) is 7. The molecule has 3 N–H and O–H groups in total. The average Bonchev–Trinajstić information content (AvgIpc) is 3.30. The van der Waals surface area contributed by atoms with Crippen molar-refractivity contribution in [1.82, 2.24) is 10.2 Å². The van der Waals surface area contributed by atoms with E-state index < -0.39 is 35.9 Å². The molecule has 3 aliphatic rings. The van der Waals surface area contributed by atoms with Gasteiger partial charge in [0.1, 0.15) is 24.3 Å². The quantitative estimate of drug-likeness (QED) is 0.418. The Morgan fingerprint density at radius 2 is 2.03 bits per heavy atom. The summed E-state index contributed by atoms with van der Waals surface area (Å²) in [5, 5.41) is 23.6. The molecule has 39 heavy (non-hydrogen) atoms. The van der Waals surface area contributed by atoms with Crippen molar-refractivity contribution < 1.29 is 38.5 Å². The number of amides is 2. The van der Waals surface area contributed by atoms with E-state index in [0.29, 0.717) is 36.0 Å². The van der Waals surface area contributed by atoms with Crippen LogP contribution in [0.3, 0.4) is 0 Å². The molecule has 1 aliphatic heterocycles. The second-order valence-corrected chi connectivity index (χ2v) is 10.1. The number of aliphatic hydroxyl groups is 2. The maximum atomic E-state index is 14.7. The SMILES string of the molecule is COc1cc(C=O)cc2c1O[C@@H]1[C@@H](O)[C@H](N(Cc3ccccc3F)C(=O)C3CCC3)C=C(C(=O)NCCO)[C@H]21. The Kier molecular flexibility index (Phi) is 7.67. The summed E-state index contributed by atoms with van der Waals surface area (Å²) in [4.78, 5) is 40.1. The van der Waals surface area contributed by atoms with Gasteiger partial charge in [-0.05, 0) is 37.1 Å². The van der Waals surface area contributed by atoms with E-state index >= 15 is 0 Å². The topological polar surface area (TPSA) is 125 Å². The third-order valence-electron chi connectivity index (χ3n) is 7.81. The summed E-state index contributed by atoms with van der Waals surface area (Å²) in [5.74, 6) is -1.67. The van der Waals surface area contributed by atoms with Gasteiger partial charge in [0, 0.05) is 41.3 Å². The summed E-state index contributed by atoms with van der Waals surface area (Å²) >= 11 is 0. The number of carbonyl (C=O) groups is 3. The number of hydrogen-bond donors (Lipinski definition) is 3. The van der Waals surface area contributed by atoms with Crippen LogP contribution in [0.25, 0.3) is 0 Å². The summed E-state index contributed by atoms with van der Waals surface area (Å²) in [6.45, 7) is -0.393. The van der Waals surface area contributed by atoms with Crippen LogP contribution < -0.4 is 14.8 Å². The molecule has 0 aromatic heterocycles. The van der Waals surface area contributed by atoms with Crippen molar-refractivity contribution in [1.29, 1.82) is 0 Å². The van der Waals surface area contributed by atoms with Crippen LogP contribution in [0.5, 0.6) is 11.5 Å². The van der Waals surface area contributed by atoms with Crippen LogP contribution in [0.2, 0.25) is 0 Å². The Bertz CT molecular complexity index is 1310. The molecule has 206 valence electrons. The Hall–Kier alpha value is -3.76. The highest BCUT2D eigenvalue weighted by molar-refractivity contribution is 5.96. The number of fused-ring (bicyclic) bond motifs is 3. The second kappa shape index (κ2) is 11.2. The lowest BCUT2D eigenvalue weighted by Crippen LogP contribution is -2.56. The molecule has 0 unspecified atom stereocenters. The van der Waals surface area contributed by atoms with E-state index in [9.17, 15) is 29.0 Å². The van der Waals surface area contributed by atoms with Gasteiger partial charge in [-0.3, -0.25) is 14.4 Å². The molecule has 1 heterocycles. The molecule has 5 rings (SSSR count). The summed E-state index contributed by atoms with van der Waals surface area (Å²) in [5.41, 5.74) is 1.30. The Balaban J connectivity index is 1.61. The predicted molar refractivity (Wildman–Crippen MR) is 138 cm³/mol. The lowest BCUT2D eigenvalue weighted by atomic mass is 9.76. The number of ether oxygens (including phenoxy) is 2. The van der Waals surface area contributed by atoms with Gasteiger partial charge in [-0.2, -0.15) is 0 Å². The fourth-order valence-electron chi connectivity index (χ4n) is 5.59. The zero-order chi connectivity index (χ0) is 27.7. The molecule has 0 radical (unpaired) electrons. The summed E-state index contributed by atoms with van der Waals surface area (Å²) in [6, 6.07) is 8.23. The summed E-state index contributed by atoms with van der Waals surface area (Å²) in [6.07, 6.45) is 2.22. The number of benzene rings is 2. The molecule has 4 atom stereocenters. The van der Waals surface area contributed by atoms with Gasteiger partial charge < -0.3 is 29.9 Å². The van der Waals surface area contributed by atoms with E-state index in [1.165, 1.54) is 30.2 Å². The van der Waals surface area contributed by atoms with Crippen molar-refractivity contribution in [2.75, 3.05) is 20.3 Å². The number of rotatable bonds is 9. The third kappa shape index (κ3) is 4.90. The Morgan fingerprint density at radius 3 is 2.67 bits per heavy atom. The molecule has 2 amide bonds. The lowest BCUT2D eigenvalue weighted by Gasteiger charge is -2.42. The minimum atomic E-state index is -1.28. The van der Waals surface area contributed by atoms with Gasteiger partial charge in [-0.1, -0.05) is 24.6 Å². The monoisotopic (exact) mass is 538 g/mol. The van der Waals surface area contributed by atoms with Crippen molar-refractivity contribution >= 4 is 18.1 Å². The zero-order valence-corrected chi connectivity index (χ0v) is 21.5. The van der Waals surface area contributed by atoms with Crippen LogP contribution in [0.15, 0.2) is 48.0 Å². The van der Waals surface area contributed by atoms with Gasteiger partial charge in [-0.25, -0.2) is 4.39 Å². The molecule has 0 saturated heterocycles. The molecule has 1 fully saturated rings. The number of carbonyl (C=O) groups excluding carboxylic acids is 3. The fraction of sp³-hybridized carbons (Fsp3) is 0.414. The van der Waals surface area contributed by atoms with Crippen molar-refractivity contribution in [2.24, 2.45) is 5.92 Å². The maximum absolute atomic E-state index is 14.7. The van der Waals surface area contributed by atoms with Gasteiger partial charge >= 0.3 is 0 Å². The van der Waals surface area contributed by atoms with Crippen LogP contribution in [0.4, 0.5) is 4.39 Å². The summed E-state index contributed by atoms with van der Waals surface area (Å²) < 4.78 is 26.3. The first-order valence-corrected chi connectivity index (χ1v) is 13.0. The van der Waals surface area contributed by atoms with Crippen molar-refractivity contribution in [2.45, 2.75) is 50.0 Å². The van der Waals surface area contributed by atoms with Gasteiger partial charge in [0.15, 0.2) is 11.5 Å². The predicted octanol–water partition coefficient (Wildman–Crippen LogP) is 2.10. The number of aldehydes is 1. The standard InChI is InChI=1S/C29H31FN2O7/c1-38-23-12-16(15-34)11-19-24-20(28(36)31-9-10-33)13-22(25(35)27(24)39-26(19)23)32(29(37)17-6-4-7-17)14-18-5-2-3-8-21(18)30/h2-3,5,8,11-13,15,17,22,24-25,27,33,35H,4,6-7,9-10,14H2,1H3,(H,31,36)/t22-,24+,25+,27+/m1/s1. The molecule has 10 heteroatoms. The van der Waals surface area contributed by atoms with Gasteiger partial charge in [-0.15, -0.1) is 0 Å². The molecular formula is C29H31FN2O7. The number of halogens is 1.